The lowest BCUT2D eigenvalue weighted by Crippen LogP contribution is -2.22. The third kappa shape index (κ3) is 12.3. The van der Waals surface area contributed by atoms with Gasteiger partial charge in [-0.1, -0.05) is 36.7 Å². The number of ether oxygens (including phenoxy) is 6. The number of carbonyl (C=O) groups is 6. The van der Waals surface area contributed by atoms with Crippen LogP contribution < -0.4 is 9.47 Å². The Labute approximate surface area is 278 Å². The zero-order valence-corrected chi connectivity index (χ0v) is 27.3. The molecule has 2 atom stereocenters. The Morgan fingerprint density at radius 3 is 1.79 bits per heavy atom. The zero-order chi connectivity index (χ0) is 35.1. The third-order valence-corrected chi connectivity index (χ3v) is 8.16. The van der Waals surface area contributed by atoms with E-state index in [-0.39, 0.29) is 60.3 Å². The van der Waals surface area contributed by atoms with Crippen LogP contribution in [-0.2, 0) is 47.7 Å². The molecule has 14 nitrogen and oxygen atoms in total. The summed E-state index contributed by atoms with van der Waals surface area (Å²) in [6.45, 7) is 18.0. The first-order chi connectivity index (χ1) is 22.3. The molecule has 1 aliphatic heterocycles. The van der Waals surface area contributed by atoms with Crippen LogP contribution in [0.1, 0.15) is 45.1 Å². The second kappa shape index (κ2) is 18.8. The van der Waals surface area contributed by atoms with Crippen LogP contribution in [0.3, 0.4) is 0 Å². The lowest BCUT2D eigenvalue weighted by Gasteiger charge is -2.15. The van der Waals surface area contributed by atoms with Crippen molar-refractivity contribution in [3.63, 3.8) is 0 Å². The van der Waals surface area contributed by atoms with Gasteiger partial charge >= 0.3 is 35.8 Å². The summed E-state index contributed by atoms with van der Waals surface area (Å²) in [6.07, 6.45) is -0.887. The minimum Gasteiger partial charge on any atom is -0.462 e. The number of allylic oxidation sites excluding steroid dienone is 1. The van der Waals surface area contributed by atoms with Crippen LogP contribution >= 0.6 is 23.5 Å². The first-order valence-corrected chi connectivity index (χ1v) is 15.4. The molecule has 2 unspecified atom stereocenters. The minimum absolute atomic E-state index is 0.0465. The second-order valence-electron chi connectivity index (χ2n) is 9.46. The Bertz CT molecular complexity index is 1550. The number of carbonyl (C=O) groups excluding carboxylic acids is 6. The summed E-state index contributed by atoms with van der Waals surface area (Å²) >= 11 is 1.94. The van der Waals surface area contributed by atoms with Crippen molar-refractivity contribution >= 4 is 59.3 Å². The van der Waals surface area contributed by atoms with Gasteiger partial charge in [0.2, 0.25) is 0 Å². The van der Waals surface area contributed by atoms with Crippen LogP contribution in [0.2, 0.25) is 0 Å². The van der Waals surface area contributed by atoms with E-state index in [0.717, 1.165) is 35.7 Å². The number of nitrogens with zero attached hydrogens (tertiary/aromatic N) is 2. The van der Waals surface area contributed by atoms with Gasteiger partial charge in [0.15, 0.2) is 0 Å². The van der Waals surface area contributed by atoms with Gasteiger partial charge in [0.25, 0.3) is 5.70 Å². The van der Waals surface area contributed by atoms with Gasteiger partial charge in [-0.05, 0) is 32.4 Å². The molecule has 0 aliphatic carbocycles. The van der Waals surface area contributed by atoms with Gasteiger partial charge in [0.05, 0.1) is 52.4 Å². The van der Waals surface area contributed by atoms with E-state index < -0.39 is 48.0 Å². The fourth-order valence-electron chi connectivity index (χ4n) is 3.41. The lowest BCUT2D eigenvalue weighted by atomic mass is 10.2. The van der Waals surface area contributed by atoms with Crippen LogP contribution in [0.5, 0.6) is 11.5 Å². The van der Waals surface area contributed by atoms with Gasteiger partial charge in [-0.25, -0.2) is 19.7 Å². The molecule has 0 radical (unpaired) electrons. The lowest BCUT2D eigenvalue weighted by molar-refractivity contribution is -0.155. The maximum atomic E-state index is 12.7. The fraction of sp³-hybridized carbons (Fsp3) is 0.355. The van der Waals surface area contributed by atoms with Crippen molar-refractivity contribution in [1.82, 2.24) is 0 Å². The molecule has 0 amide bonds. The number of aryl methyl sites for hydroxylation is 1. The van der Waals surface area contributed by atoms with Crippen molar-refractivity contribution in [1.29, 1.82) is 5.26 Å². The number of thioether (sulfide) groups is 2. The summed E-state index contributed by atoms with van der Waals surface area (Å²) in [6, 6.07) is 3.22. The van der Waals surface area contributed by atoms with Crippen molar-refractivity contribution in [2.75, 3.05) is 13.2 Å². The van der Waals surface area contributed by atoms with E-state index in [1.807, 2.05) is 0 Å². The largest absolute Gasteiger partial charge is 0.462 e. The van der Waals surface area contributed by atoms with Crippen molar-refractivity contribution in [3.05, 3.63) is 58.3 Å². The molecule has 0 aromatic heterocycles. The molecule has 1 aromatic rings. The van der Waals surface area contributed by atoms with Crippen molar-refractivity contribution < 1.29 is 57.2 Å². The normalized spacial score (nSPS) is 13.6. The molecule has 0 N–H and O–H groups in total. The molecule has 0 saturated heterocycles. The van der Waals surface area contributed by atoms with Crippen LogP contribution in [0.4, 0.5) is 0 Å². The molecular formula is C31H30N2O12S2. The molecule has 2 rings (SSSR count). The molecule has 0 spiro atoms. The van der Waals surface area contributed by atoms with E-state index >= 15 is 0 Å². The van der Waals surface area contributed by atoms with E-state index in [4.69, 9.17) is 35.0 Å². The molecule has 1 aromatic carbocycles. The standard InChI is InChI=1S/C31H30N2O12S2/c1-7-22(34)42-18(4)15-40-24(36)9-11-26(38)44-21-13-17(3)28(30-29(21)46-31(47-30)20(14-32)33-6)45-27(39)12-10-25(37)41-16-19(5)43-23(35)8-2/h7-8,13,18-19H,1-2,9-12,15-16H2,3-5H3/b31-20+. The van der Waals surface area contributed by atoms with E-state index in [1.54, 1.807) is 13.0 Å². The predicted octanol–water partition coefficient (Wildman–Crippen LogP) is 4.50. The van der Waals surface area contributed by atoms with Crippen LogP contribution in [0.25, 0.3) is 4.85 Å². The average Bonchev–Trinajstić information content (AvgIpc) is 3.48. The van der Waals surface area contributed by atoms with Crippen LogP contribution in [0.15, 0.2) is 51.1 Å². The molecule has 0 fully saturated rings. The molecule has 0 bridgehead atoms. The van der Waals surface area contributed by atoms with Gasteiger partial charge in [0, 0.05) is 12.2 Å². The quantitative estimate of drug-likeness (QED) is 0.0590. The predicted molar refractivity (Wildman–Crippen MR) is 165 cm³/mol. The molecule has 248 valence electrons. The highest BCUT2D eigenvalue weighted by Gasteiger charge is 2.32. The summed E-state index contributed by atoms with van der Waals surface area (Å²) in [7, 11) is 0. The van der Waals surface area contributed by atoms with Crippen molar-refractivity contribution in [3.8, 4) is 17.6 Å². The fourth-order valence-corrected chi connectivity index (χ4v) is 5.94. The molecular weight excluding hydrogens is 656 g/mol. The third-order valence-electron chi connectivity index (χ3n) is 5.57. The zero-order valence-electron chi connectivity index (χ0n) is 25.7. The molecule has 16 heteroatoms. The monoisotopic (exact) mass is 686 g/mol. The van der Waals surface area contributed by atoms with E-state index in [0.29, 0.717) is 15.4 Å². The van der Waals surface area contributed by atoms with E-state index in [9.17, 15) is 34.0 Å². The second-order valence-corrected chi connectivity index (χ2v) is 11.8. The number of hydrogen-bond acceptors (Lipinski definition) is 15. The molecule has 1 aliphatic rings. The highest BCUT2D eigenvalue weighted by Crippen LogP contribution is 2.60. The summed E-state index contributed by atoms with van der Waals surface area (Å²) in [5, 5.41) is 9.40. The summed E-state index contributed by atoms with van der Waals surface area (Å²) in [5.41, 5.74) is 0.133. The molecule has 47 heavy (non-hydrogen) atoms. The first-order valence-electron chi connectivity index (χ1n) is 13.8. The molecule has 1 heterocycles. The summed E-state index contributed by atoms with van der Waals surface area (Å²) in [5.74, 6) is -4.27. The van der Waals surface area contributed by atoms with Crippen molar-refractivity contribution in [2.45, 2.75) is 68.5 Å². The Morgan fingerprint density at radius 1 is 0.851 bits per heavy atom. The maximum absolute atomic E-state index is 12.7. The van der Waals surface area contributed by atoms with Gasteiger partial charge in [0.1, 0.15) is 36.9 Å². The Kier molecular flexibility index (Phi) is 15.2. The molecule has 0 saturated carbocycles. The maximum Gasteiger partial charge on any atom is 0.330 e. The number of esters is 6. The minimum atomic E-state index is -0.791. The van der Waals surface area contributed by atoms with Crippen LogP contribution in [0, 0.1) is 24.8 Å². The Morgan fingerprint density at radius 2 is 1.32 bits per heavy atom. The van der Waals surface area contributed by atoms with Gasteiger partial charge in [-0.2, -0.15) is 0 Å². The van der Waals surface area contributed by atoms with Crippen LogP contribution in [-0.4, -0.2) is 61.2 Å². The SMILES string of the molecule is [C-]#[N+]/C(C#N)=C1\Sc2c(OC(=O)CCC(=O)OCC(C)OC(=O)C=C)cc(C)c(OC(=O)CCC(=O)OCC(C)OC(=O)C=C)c2S1. The number of hydrogen-bond donors (Lipinski definition) is 0. The average molecular weight is 687 g/mol. The van der Waals surface area contributed by atoms with Gasteiger partial charge in [-0.15, -0.1) is 0 Å². The Balaban J connectivity index is 2.10. The van der Waals surface area contributed by atoms with E-state index in [1.165, 1.54) is 19.9 Å². The summed E-state index contributed by atoms with van der Waals surface area (Å²) in [4.78, 5) is 75.8. The number of rotatable bonds is 16. The number of fused-ring (bicyclic) bond motifs is 1. The van der Waals surface area contributed by atoms with Crippen molar-refractivity contribution in [2.24, 2.45) is 0 Å². The highest BCUT2D eigenvalue weighted by atomic mass is 32.2. The topological polar surface area (TPSA) is 186 Å². The Hall–Kier alpha value is -5.06. The van der Waals surface area contributed by atoms with Gasteiger partial charge < -0.3 is 28.4 Å². The summed E-state index contributed by atoms with van der Waals surface area (Å²) < 4.78 is 31.2. The first kappa shape index (κ1) is 38.1. The smallest absolute Gasteiger partial charge is 0.330 e. The number of benzene rings is 1. The number of nitriles is 1. The van der Waals surface area contributed by atoms with Gasteiger partial charge in [-0.3, -0.25) is 19.2 Å². The van der Waals surface area contributed by atoms with E-state index in [2.05, 4.69) is 18.0 Å². The highest BCUT2D eigenvalue weighted by molar-refractivity contribution is 8.24.